The molecule has 0 spiro atoms. The van der Waals surface area contributed by atoms with E-state index in [1.165, 1.54) is 11.3 Å². The monoisotopic (exact) mass is 283 g/mol. The lowest BCUT2D eigenvalue weighted by Crippen LogP contribution is -2.10. The molecule has 1 aliphatic rings. The van der Waals surface area contributed by atoms with Gasteiger partial charge in [-0.1, -0.05) is 0 Å². The molecule has 2 N–H and O–H groups in total. The van der Waals surface area contributed by atoms with Crippen LogP contribution in [0.15, 0.2) is 24.3 Å². The third-order valence-electron chi connectivity index (χ3n) is 3.34. The van der Waals surface area contributed by atoms with Crippen molar-refractivity contribution in [1.29, 1.82) is 0 Å². The molecule has 1 saturated carbocycles. The van der Waals surface area contributed by atoms with Gasteiger partial charge in [0.1, 0.15) is 5.82 Å². The predicted molar refractivity (Wildman–Crippen MR) is 69.3 cm³/mol. The third-order valence-corrected chi connectivity index (χ3v) is 4.56. The van der Waals surface area contributed by atoms with Gasteiger partial charge in [0.2, 0.25) is 0 Å². The highest BCUT2D eigenvalue weighted by Gasteiger charge is 2.30. The number of nitrogens with two attached hydrogens (primary N) is 1. The van der Waals surface area contributed by atoms with Crippen LogP contribution in [-0.4, -0.2) is 0 Å². The second-order valence-electron chi connectivity index (χ2n) is 4.81. The summed E-state index contributed by atoms with van der Waals surface area (Å²) in [5.41, 5.74) is 6.01. The van der Waals surface area contributed by atoms with E-state index in [0.29, 0.717) is 16.9 Å². The third kappa shape index (κ3) is 2.40. The first-order valence-electron chi connectivity index (χ1n) is 6.06. The Balaban J connectivity index is 1.98. The quantitative estimate of drug-likeness (QED) is 0.838. The van der Waals surface area contributed by atoms with Gasteiger partial charge >= 0.3 is 0 Å². The number of hydrogen-bond acceptors (Lipinski definition) is 2. The fraction of sp³-hybridized carbons (Fsp3) is 0.286. The normalized spacial score (nSPS) is 16.6. The van der Waals surface area contributed by atoms with Crippen LogP contribution in [0, 0.1) is 23.4 Å². The van der Waals surface area contributed by atoms with Crippen molar-refractivity contribution >= 4 is 11.3 Å². The van der Waals surface area contributed by atoms with Gasteiger partial charge in [-0.3, -0.25) is 0 Å². The van der Waals surface area contributed by atoms with Gasteiger partial charge in [-0.15, -0.1) is 11.3 Å². The molecule has 0 amide bonds. The largest absolute Gasteiger partial charge is 0.323 e. The van der Waals surface area contributed by atoms with Crippen molar-refractivity contribution in [3.8, 4) is 10.4 Å². The number of benzene rings is 1. The molecular formula is C14H12F3NS. The lowest BCUT2D eigenvalue weighted by atomic mass is 10.1. The van der Waals surface area contributed by atoms with Crippen LogP contribution >= 0.6 is 11.3 Å². The molecule has 0 aliphatic heterocycles. The molecule has 19 heavy (non-hydrogen) atoms. The van der Waals surface area contributed by atoms with Gasteiger partial charge in [0.05, 0.1) is 0 Å². The molecule has 1 fully saturated rings. The van der Waals surface area contributed by atoms with Gasteiger partial charge < -0.3 is 5.73 Å². The highest BCUT2D eigenvalue weighted by atomic mass is 32.1. The van der Waals surface area contributed by atoms with Crippen molar-refractivity contribution in [2.24, 2.45) is 11.7 Å². The first-order valence-corrected chi connectivity index (χ1v) is 6.88. The number of hydrogen-bond donors (Lipinski definition) is 1. The summed E-state index contributed by atoms with van der Waals surface area (Å²) in [6, 6.07) is 4.98. The molecule has 0 saturated heterocycles. The maximum Gasteiger partial charge on any atom is 0.167 e. The molecule has 1 aromatic heterocycles. The van der Waals surface area contributed by atoms with E-state index in [-0.39, 0.29) is 11.6 Å². The van der Waals surface area contributed by atoms with Crippen LogP contribution < -0.4 is 5.73 Å². The first kappa shape index (κ1) is 12.7. The Hall–Kier alpha value is -1.33. The molecule has 1 nitrogen and oxygen atoms in total. The second kappa shape index (κ2) is 4.65. The van der Waals surface area contributed by atoms with E-state index in [1.54, 1.807) is 6.07 Å². The number of rotatable bonds is 3. The summed E-state index contributed by atoms with van der Waals surface area (Å²) in [4.78, 5) is 1.43. The van der Waals surface area contributed by atoms with Crippen molar-refractivity contribution in [3.63, 3.8) is 0 Å². The summed E-state index contributed by atoms with van der Waals surface area (Å²) >= 11 is 1.30. The molecule has 1 aromatic carbocycles. The molecule has 100 valence electrons. The van der Waals surface area contributed by atoms with Crippen LogP contribution in [0.1, 0.15) is 23.8 Å². The zero-order valence-corrected chi connectivity index (χ0v) is 10.8. The van der Waals surface area contributed by atoms with Crippen LogP contribution in [-0.2, 0) is 0 Å². The highest BCUT2D eigenvalue weighted by Crippen LogP contribution is 2.43. The summed E-state index contributed by atoms with van der Waals surface area (Å²) in [5, 5.41) is 0. The van der Waals surface area contributed by atoms with Crippen LogP contribution in [0.4, 0.5) is 13.2 Å². The van der Waals surface area contributed by atoms with Crippen molar-refractivity contribution in [3.05, 3.63) is 46.6 Å². The predicted octanol–water partition coefficient (Wildman–Crippen LogP) is 4.24. The minimum atomic E-state index is -1.17. The Labute approximate surface area is 112 Å². The summed E-state index contributed by atoms with van der Waals surface area (Å²) in [7, 11) is 0. The average molecular weight is 283 g/mol. The molecule has 5 heteroatoms. The fourth-order valence-electron chi connectivity index (χ4n) is 2.10. The minimum Gasteiger partial charge on any atom is -0.323 e. The standard InChI is InChI=1S/C14H12F3NS/c15-8-5-9(13(17)10(16)6-8)11-3-4-12(19-11)14(18)7-1-2-7/h3-7,14H,1-2,18H2. The van der Waals surface area contributed by atoms with Crippen LogP contribution in [0.5, 0.6) is 0 Å². The van der Waals surface area contributed by atoms with E-state index in [9.17, 15) is 13.2 Å². The summed E-state index contributed by atoms with van der Waals surface area (Å²) in [6.07, 6.45) is 2.22. The molecule has 1 aliphatic carbocycles. The second-order valence-corrected chi connectivity index (χ2v) is 5.93. The zero-order chi connectivity index (χ0) is 13.6. The maximum atomic E-state index is 13.7. The summed E-state index contributed by atoms with van der Waals surface area (Å²) < 4.78 is 40.0. The molecule has 0 radical (unpaired) electrons. The zero-order valence-electron chi connectivity index (χ0n) is 10.00. The van der Waals surface area contributed by atoms with E-state index in [4.69, 9.17) is 5.73 Å². The lowest BCUT2D eigenvalue weighted by molar-refractivity contribution is 0.498. The van der Waals surface area contributed by atoms with Crippen molar-refractivity contribution in [2.75, 3.05) is 0 Å². The molecule has 1 atom stereocenters. The summed E-state index contributed by atoms with van der Waals surface area (Å²) in [6.45, 7) is 0. The Morgan fingerprint density at radius 3 is 2.58 bits per heavy atom. The van der Waals surface area contributed by atoms with E-state index in [1.807, 2.05) is 6.07 Å². The Bertz CT molecular complexity index is 619. The van der Waals surface area contributed by atoms with Crippen LogP contribution in [0.2, 0.25) is 0 Å². The van der Waals surface area contributed by atoms with E-state index in [0.717, 1.165) is 23.8 Å². The summed E-state index contributed by atoms with van der Waals surface area (Å²) in [5.74, 6) is -2.48. The SMILES string of the molecule is NC(c1ccc(-c2cc(F)cc(F)c2F)s1)C1CC1. The Kier molecular flexibility index (Phi) is 3.11. The fourth-order valence-corrected chi connectivity index (χ4v) is 3.21. The van der Waals surface area contributed by atoms with Gasteiger partial charge in [0.15, 0.2) is 11.6 Å². The smallest absolute Gasteiger partial charge is 0.167 e. The Morgan fingerprint density at radius 1 is 1.16 bits per heavy atom. The highest BCUT2D eigenvalue weighted by molar-refractivity contribution is 7.15. The Morgan fingerprint density at radius 2 is 1.89 bits per heavy atom. The van der Waals surface area contributed by atoms with E-state index < -0.39 is 17.5 Å². The molecular weight excluding hydrogens is 271 g/mol. The molecule has 1 heterocycles. The van der Waals surface area contributed by atoms with Crippen molar-refractivity contribution in [1.82, 2.24) is 0 Å². The van der Waals surface area contributed by atoms with Gasteiger partial charge in [-0.25, -0.2) is 13.2 Å². The molecule has 1 unspecified atom stereocenters. The molecule has 2 aromatic rings. The topological polar surface area (TPSA) is 26.0 Å². The van der Waals surface area contributed by atoms with Gasteiger partial charge in [0, 0.05) is 27.4 Å². The number of thiophene rings is 1. The van der Waals surface area contributed by atoms with Crippen LogP contribution in [0.25, 0.3) is 10.4 Å². The average Bonchev–Trinajstić information content (AvgIpc) is 3.10. The minimum absolute atomic E-state index is 0.0447. The van der Waals surface area contributed by atoms with Crippen LogP contribution in [0.3, 0.4) is 0 Å². The van der Waals surface area contributed by atoms with Crippen molar-refractivity contribution in [2.45, 2.75) is 18.9 Å². The number of halogens is 3. The van der Waals surface area contributed by atoms with Crippen molar-refractivity contribution < 1.29 is 13.2 Å². The van der Waals surface area contributed by atoms with Gasteiger partial charge in [0.25, 0.3) is 0 Å². The van der Waals surface area contributed by atoms with E-state index >= 15 is 0 Å². The molecule has 3 rings (SSSR count). The lowest BCUT2D eigenvalue weighted by Gasteiger charge is -2.06. The van der Waals surface area contributed by atoms with Gasteiger partial charge in [-0.05, 0) is 37.0 Å². The first-order chi connectivity index (χ1) is 9.06. The van der Waals surface area contributed by atoms with Gasteiger partial charge in [-0.2, -0.15) is 0 Å². The maximum absolute atomic E-state index is 13.7. The molecule has 0 bridgehead atoms. The van der Waals surface area contributed by atoms with E-state index in [2.05, 4.69) is 0 Å².